The highest BCUT2D eigenvalue weighted by Crippen LogP contribution is 2.20. The van der Waals surface area contributed by atoms with Crippen molar-refractivity contribution in [3.8, 4) is 0 Å². The SMILES string of the molecule is CCCN1CCCC(C(C)NCc2ccccc2F)C1. The number of hydrogen-bond acceptors (Lipinski definition) is 2. The van der Waals surface area contributed by atoms with Crippen LogP contribution in [0, 0.1) is 11.7 Å². The molecule has 1 aliphatic heterocycles. The maximum atomic E-state index is 13.6. The minimum absolute atomic E-state index is 0.108. The third-order valence-corrected chi connectivity index (χ3v) is 4.36. The van der Waals surface area contributed by atoms with E-state index in [1.54, 1.807) is 6.07 Å². The lowest BCUT2D eigenvalue weighted by Gasteiger charge is -2.36. The number of benzene rings is 1. The van der Waals surface area contributed by atoms with E-state index in [0.29, 0.717) is 18.5 Å². The summed E-state index contributed by atoms with van der Waals surface area (Å²) < 4.78 is 13.6. The van der Waals surface area contributed by atoms with Gasteiger partial charge in [-0.05, 0) is 51.3 Å². The maximum Gasteiger partial charge on any atom is 0.127 e. The van der Waals surface area contributed by atoms with Crippen LogP contribution in [-0.4, -0.2) is 30.6 Å². The summed E-state index contributed by atoms with van der Waals surface area (Å²) in [5, 5.41) is 3.51. The van der Waals surface area contributed by atoms with Crippen LogP contribution < -0.4 is 5.32 Å². The van der Waals surface area contributed by atoms with Crippen molar-refractivity contribution in [2.75, 3.05) is 19.6 Å². The molecule has 2 unspecified atom stereocenters. The average Bonchev–Trinajstić information content (AvgIpc) is 2.47. The molecular weight excluding hydrogens is 251 g/mol. The van der Waals surface area contributed by atoms with E-state index in [1.807, 2.05) is 12.1 Å². The predicted octanol–water partition coefficient (Wildman–Crippen LogP) is 3.43. The lowest BCUT2D eigenvalue weighted by atomic mass is 9.91. The summed E-state index contributed by atoms with van der Waals surface area (Å²) in [4.78, 5) is 2.56. The maximum absolute atomic E-state index is 13.6. The second-order valence-corrected chi connectivity index (χ2v) is 5.96. The van der Waals surface area contributed by atoms with E-state index in [2.05, 4.69) is 24.1 Å². The van der Waals surface area contributed by atoms with Gasteiger partial charge in [0.05, 0.1) is 0 Å². The molecule has 0 saturated carbocycles. The normalized spacial score (nSPS) is 21.9. The van der Waals surface area contributed by atoms with Crippen LogP contribution in [0.25, 0.3) is 0 Å². The highest BCUT2D eigenvalue weighted by molar-refractivity contribution is 5.17. The van der Waals surface area contributed by atoms with Crippen molar-refractivity contribution < 1.29 is 4.39 Å². The zero-order valence-electron chi connectivity index (χ0n) is 12.7. The van der Waals surface area contributed by atoms with E-state index in [0.717, 1.165) is 5.56 Å². The van der Waals surface area contributed by atoms with Gasteiger partial charge in [-0.25, -0.2) is 4.39 Å². The summed E-state index contributed by atoms with van der Waals surface area (Å²) in [5.41, 5.74) is 0.764. The predicted molar refractivity (Wildman–Crippen MR) is 82.2 cm³/mol. The Morgan fingerprint density at radius 1 is 1.40 bits per heavy atom. The Morgan fingerprint density at radius 3 is 2.95 bits per heavy atom. The number of rotatable bonds is 6. The molecule has 2 atom stereocenters. The molecule has 3 heteroatoms. The summed E-state index contributed by atoms with van der Waals surface area (Å²) in [5.74, 6) is 0.575. The lowest BCUT2D eigenvalue weighted by molar-refractivity contribution is 0.150. The van der Waals surface area contributed by atoms with Gasteiger partial charge in [0.25, 0.3) is 0 Å². The Morgan fingerprint density at radius 2 is 2.20 bits per heavy atom. The molecule has 1 fully saturated rings. The second-order valence-electron chi connectivity index (χ2n) is 5.96. The fraction of sp³-hybridized carbons (Fsp3) is 0.647. The topological polar surface area (TPSA) is 15.3 Å². The smallest absolute Gasteiger partial charge is 0.127 e. The Hall–Kier alpha value is -0.930. The van der Waals surface area contributed by atoms with Gasteiger partial charge in [0.15, 0.2) is 0 Å². The monoisotopic (exact) mass is 278 g/mol. The van der Waals surface area contributed by atoms with Gasteiger partial charge in [-0.15, -0.1) is 0 Å². The quantitative estimate of drug-likeness (QED) is 0.857. The first kappa shape index (κ1) is 15.5. The number of halogens is 1. The van der Waals surface area contributed by atoms with E-state index in [4.69, 9.17) is 0 Å². The Labute approximate surface area is 122 Å². The van der Waals surface area contributed by atoms with E-state index >= 15 is 0 Å². The van der Waals surface area contributed by atoms with Gasteiger partial charge >= 0.3 is 0 Å². The molecule has 0 bridgehead atoms. The first-order valence-electron chi connectivity index (χ1n) is 7.90. The lowest BCUT2D eigenvalue weighted by Crippen LogP contribution is -2.44. The Balaban J connectivity index is 1.82. The van der Waals surface area contributed by atoms with E-state index in [-0.39, 0.29) is 5.82 Å². The van der Waals surface area contributed by atoms with E-state index in [1.165, 1.54) is 45.0 Å². The Bertz CT molecular complexity index is 406. The fourth-order valence-corrected chi connectivity index (χ4v) is 3.10. The fourth-order valence-electron chi connectivity index (χ4n) is 3.10. The zero-order valence-corrected chi connectivity index (χ0v) is 12.7. The summed E-state index contributed by atoms with van der Waals surface area (Å²) in [6, 6.07) is 7.47. The molecule has 112 valence electrons. The third-order valence-electron chi connectivity index (χ3n) is 4.36. The summed E-state index contributed by atoms with van der Waals surface area (Å²) in [6.07, 6.45) is 3.80. The largest absolute Gasteiger partial charge is 0.310 e. The van der Waals surface area contributed by atoms with E-state index in [9.17, 15) is 4.39 Å². The molecule has 1 N–H and O–H groups in total. The van der Waals surface area contributed by atoms with Crippen LogP contribution in [0.1, 0.15) is 38.7 Å². The first-order valence-corrected chi connectivity index (χ1v) is 7.90. The van der Waals surface area contributed by atoms with Gasteiger partial charge in [0.2, 0.25) is 0 Å². The summed E-state index contributed by atoms with van der Waals surface area (Å²) in [6.45, 7) is 8.72. The number of piperidine rings is 1. The van der Waals surface area contributed by atoms with Crippen LogP contribution in [0.2, 0.25) is 0 Å². The van der Waals surface area contributed by atoms with Crippen LogP contribution in [0.15, 0.2) is 24.3 Å². The van der Waals surface area contributed by atoms with Crippen molar-refractivity contribution in [1.82, 2.24) is 10.2 Å². The van der Waals surface area contributed by atoms with E-state index < -0.39 is 0 Å². The van der Waals surface area contributed by atoms with Crippen LogP contribution in [0.3, 0.4) is 0 Å². The van der Waals surface area contributed by atoms with Gasteiger partial charge in [0, 0.05) is 24.7 Å². The van der Waals surface area contributed by atoms with Crippen LogP contribution >= 0.6 is 0 Å². The minimum Gasteiger partial charge on any atom is -0.310 e. The van der Waals surface area contributed by atoms with Gasteiger partial charge in [-0.2, -0.15) is 0 Å². The number of nitrogens with one attached hydrogen (secondary N) is 1. The molecule has 1 aliphatic rings. The standard InChI is InChI=1S/C17H27FN2/c1-3-10-20-11-6-8-16(13-20)14(2)19-12-15-7-4-5-9-17(15)18/h4-5,7,9,14,16,19H,3,6,8,10-13H2,1-2H3. The molecule has 1 saturated heterocycles. The van der Waals surface area contributed by atoms with Crippen LogP contribution in [0.4, 0.5) is 4.39 Å². The van der Waals surface area contributed by atoms with Crippen molar-refractivity contribution >= 4 is 0 Å². The summed E-state index contributed by atoms with van der Waals surface area (Å²) >= 11 is 0. The minimum atomic E-state index is -0.108. The number of likely N-dealkylation sites (tertiary alicyclic amines) is 1. The number of nitrogens with zero attached hydrogens (tertiary/aromatic N) is 1. The van der Waals surface area contributed by atoms with Gasteiger partial charge in [-0.1, -0.05) is 25.1 Å². The van der Waals surface area contributed by atoms with Crippen molar-refractivity contribution in [1.29, 1.82) is 0 Å². The number of hydrogen-bond donors (Lipinski definition) is 1. The first-order chi connectivity index (χ1) is 9.70. The highest BCUT2D eigenvalue weighted by Gasteiger charge is 2.23. The molecule has 0 aliphatic carbocycles. The molecule has 1 aromatic rings. The molecule has 2 nitrogen and oxygen atoms in total. The molecule has 0 amide bonds. The highest BCUT2D eigenvalue weighted by atomic mass is 19.1. The van der Waals surface area contributed by atoms with Crippen molar-refractivity contribution in [3.05, 3.63) is 35.6 Å². The van der Waals surface area contributed by atoms with Crippen molar-refractivity contribution in [3.63, 3.8) is 0 Å². The molecule has 0 radical (unpaired) electrons. The van der Waals surface area contributed by atoms with Crippen molar-refractivity contribution in [2.45, 2.75) is 45.7 Å². The zero-order chi connectivity index (χ0) is 14.4. The molecular formula is C17H27FN2. The van der Waals surface area contributed by atoms with Gasteiger partial charge < -0.3 is 10.2 Å². The van der Waals surface area contributed by atoms with Crippen LogP contribution in [-0.2, 0) is 6.54 Å². The molecule has 1 aromatic carbocycles. The van der Waals surface area contributed by atoms with Crippen molar-refractivity contribution in [2.24, 2.45) is 5.92 Å². The molecule has 0 aromatic heterocycles. The second kappa shape index (κ2) is 7.75. The van der Waals surface area contributed by atoms with Crippen LogP contribution in [0.5, 0.6) is 0 Å². The molecule has 20 heavy (non-hydrogen) atoms. The molecule has 0 spiro atoms. The summed E-state index contributed by atoms with van der Waals surface area (Å²) in [7, 11) is 0. The molecule has 1 heterocycles. The average molecular weight is 278 g/mol. The van der Waals surface area contributed by atoms with Gasteiger partial charge in [-0.3, -0.25) is 0 Å². The third kappa shape index (κ3) is 4.29. The Kier molecular flexibility index (Phi) is 5.99. The van der Waals surface area contributed by atoms with Gasteiger partial charge in [0.1, 0.15) is 5.82 Å². The molecule has 2 rings (SSSR count).